The Kier molecular flexibility index (Phi) is 15.7. The quantitative estimate of drug-likeness (QED) is 0.314. The van der Waals surface area contributed by atoms with Crippen LogP contribution in [0.2, 0.25) is 0 Å². The SMILES string of the molecule is CCCCC/C=C\C/C=C\C/C=C\CCSC(CC)C(=O)O. The van der Waals surface area contributed by atoms with Gasteiger partial charge >= 0.3 is 5.97 Å². The first-order valence-corrected chi connectivity index (χ1v) is 9.56. The molecule has 2 nitrogen and oxygen atoms in total. The number of carboxylic acid groups (broad SMARTS) is 1. The van der Waals surface area contributed by atoms with E-state index < -0.39 is 5.97 Å². The van der Waals surface area contributed by atoms with Crippen molar-refractivity contribution in [3.05, 3.63) is 36.5 Å². The van der Waals surface area contributed by atoms with Crippen LogP contribution < -0.4 is 0 Å². The van der Waals surface area contributed by atoms with E-state index in [2.05, 4.69) is 43.4 Å². The molecule has 0 heterocycles. The third kappa shape index (κ3) is 14.0. The Labute approximate surface area is 140 Å². The van der Waals surface area contributed by atoms with Gasteiger partial charge in [-0.15, -0.1) is 11.8 Å². The molecule has 0 rings (SSSR count). The van der Waals surface area contributed by atoms with Crippen LogP contribution in [0, 0.1) is 0 Å². The molecule has 0 bridgehead atoms. The molecule has 0 aromatic carbocycles. The fourth-order valence-electron chi connectivity index (χ4n) is 1.93. The highest BCUT2D eigenvalue weighted by molar-refractivity contribution is 8.00. The zero-order chi connectivity index (χ0) is 16.5. The van der Waals surface area contributed by atoms with E-state index in [4.69, 9.17) is 5.11 Å². The van der Waals surface area contributed by atoms with Crippen LogP contribution in [0.3, 0.4) is 0 Å². The van der Waals surface area contributed by atoms with Gasteiger partial charge in [0.2, 0.25) is 0 Å². The molecule has 0 aliphatic carbocycles. The van der Waals surface area contributed by atoms with Crippen molar-refractivity contribution in [2.24, 2.45) is 0 Å². The average molecular weight is 325 g/mol. The van der Waals surface area contributed by atoms with Gasteiger partial charge in [0.25, 0.3) is 0 Å². The van der Waals surface area contributed by atoms with Crippen LogP contribution in [0.25, 0.3) is 0 Å². The Bertz CT molecular complexity index is 345. The lowest BCUT2D eigenvalue weighted by Gasteiger charge is -2.07. The van der Waals surface area contributed by atoms with Gasteiger partial charge in [-0.25, -0.2) is 0 Å². The molecule has 0 aliphatic heterocycles. The summed E-state index contributed by atoms with van der Waals surface area (Å²) in [5, 5.41) is 8.67. The molecule has 1 N–H and O–H groups in total. The molecule has 0 spiro atoms. The Morgan fingerprint density at radius 1 is 0.955 bits per heavy atom. The number of carboxylic acids is 1. The summed E-state index contributed by atoms with van der Waals surface area (Å²) in [6, 6.07) is 0. The van der Waals surface area contributed by atoms with Crippen LogP contribution >= 0.6 is 11.8 Å². The fraction of sp³-hybridized carbons (Fsp3) is 0.632. The second-order valence-corrected chi connectivity index (χ2v) is 6.59. The Morgan fingerprint density at radius 2 is 1.55 bits per heavy atom. The molecule has 0 radical (unpaired) electrons. The van der Waals surface area contributed by atoms with E-state index in [1.165, 1.54) is 37.4 Å². The van der Waals surface area contributed by atoms with Crippen molar-refractivity contribution in [2.75, 3.05) is 5.75 Å². The number of hydrogen-bond donors (Lipinski definition) is 1. The first kappa shape index (κ1) is 21.0. The molecular formula is C19H32O2S. The lowest BCUT2D eigenvalue weighted by Crippen LogP contribution is -2.15. The smallest absolute Gasteiger partial charge is 0.316 e. The monoisotopic (exact) mass is 324 g/mol. The normalized spacial score (nSPS) is 13.5. The highest BCUT2D eigenvalue weighted by Crippen LogP contribution is 2.15. The Balaban J connectivity index is 3.50. The molecule has 1 unspecified atom stereocenters. The van der Waals surface area contributed by atoms with E-state index in [1.54, 1.807) is 0 Å². The molecule has 3 heteroatoms. The van der Waals surface area contributed by atoms with Gasteiger partial charge in [-0.2, -0.15) is 0 Å². The zero-order valence-corrected chi connectivity index (χ0v) is 15.0. The maximum Gasteiger partial charge on any atom is 0.316 e. The molecule has 1 atom stereocenters. The van der Waals surface area contributed by atoms with Gasteiger partial charge in [0.1, 0.15) is 5.25 Å². The second kappa shape index (κ2) is 16.4. The number of carbonyl (C=O) groups is 1. The van der Waals surface area contributed by atoms with Crippen LogP contribution in [0.1, 0.15) is 65.2 Å². The summed E-state index contributed by atoms with van der Waals surface area (Å²) in [7, 11) is 0. The lowest BCUT2D eigenvalue weighted by molar-refractivity contribution is -0.136. The van der Waals surface area contributed by atoms with Crippen LogP contribution in [0.5, 0.6) is 0 Å². The van der Waals surface area contributed by atoms with E-state index in [1.807, 2.05) is 6.92 Å². The number of thioether (sulfide) groups is 1. The molecule has 0 aromatic heterocycles. The van der Waals surface area contributed by atoms with Crippen LogP contribution in [-0.4, -0.2) is 22.1 Å². The first-order chi connectivity index (χ1) is 10.7. The molecule has 126 valence electrons. The maximum atomic E-state index is 10.8. The Hall–Kier alpha value is -0.960. The number of rotatable bonds is 14. The van der Waals surface area contributed by atoms with Crippen molar-refractivity contribution in [1.82, 2.24) is 0 Å². The Morgan fingerprint density at radius 3 is 2.09 bits per heavy atom. The number of unbranched alkanes of at least 4 members (excludes halogenated alkanes) is 3. The molecule has 0 saturated carbocycles. The number of allylic oxidation sites excluding steroid dienone is 6. The van der Waals surface area contributed by atoms with Crippen LogP contribution in [0.15, 0.2) is 36.5 Å². The fourth-order valence-corrected chi connectivity index (χ4v) is 2.87. The molecule has 0 aliphatic rings. The molecule has 22 heavy (non-hydrogen) atoms. The van der Waals surface area contributed by atoms with E-state index in [9.17, 15) is 4.79 Å². The van der Waals surface area contributed by atoms with E-state index in [0.29, 0.717) is 6.42 Å². The first-order valence-electron chi connectivity index (χ1n) is 8.51. The van der Waals surface area contributed by atoms with Crippen LogP contribution in [0.4, 0.5) is 0 Å². The number of aliphatic carboxylic acids is 1. The predicted octanol–water partition coefficient (Wildman–Crippen LogP) is 6.00. The molecule has 0 fully saturated rings. The van der Waals surface area contributed by atoms with Crippen molar-refractivity contribution >= 4 is 17.7 Å². The number of hydrogen-bond acceptors (Lipinski definition) is 2. The van der Waals surface area contributed by atoms with E-state index >= 15 is 0 Å². The molecular weight excluding hydrogens is 292 g/mol. The summed E-state index contributed by atoms with van der Waals surface area (Å²) in [5.41, 5.74) is 0. The van der Waals surface area contributed by atoms with Crippen molar-refractivity contribution in [1.29, 1.82) is 0 Å². The second-order valence-electron chi connectivity index (χ2n) is 5.28. The topological polar surface area (TPSA) is 37.3 Å². The highest BCUT2D eigenvalue weighted by Gasteiger charge is 2.13. The maximum absolute atomic E-state index is 10.8. The standard InChI is InChI=1S/C19H32O2S/c1-3-5-6-7-8-9-10-11-12-13-14-15-16-17-22-18(4-2)19(20)21/h8-9,11-12,14-15,18H,3-7,10,13,16-17H2,1-2H3,(H,20,21)/b9-8-,12-11-,15-14-. The third-order valence-corrected chi connectivity index (χ3v) is 4.68. The summed E-state index contributed by atoms with van der Waals surface area (Å²) in [5.74, 6) is 0.188. The lowest BCUT2D eigenvalue weighted by atomic mass is 10.2. The van der Waals surface area contributed by atoms with Crippen molar-refractivity contribution in [3.8, 4) is 0 Å². The summed E-state index contributed by atoms with van der Waals surface area (Å²) >= 11 is 1.53. The van der Waals surface area contributed by atoms with Gasteiger partial charge in [0.15, 0.2) is 0 Å². The van der Waals surface area contributed by atoms with Gasteiger partial charge in [-0.1, -0.05) is 63.1 Å². The summed E-state index contributed by atoms with van der Waals surface area (Å²) in [6.45, 7) is 4.15. The van der Waals surface area contributed by atoms with Gasteiger partial charge < -0.3 is 5.11 Å². The van der Waals surface area contributed by atoms with Crippen molar-refractivity contribution in [3.63, 3.8) is 0 Å². The summed E-state index contributed by atoms with van der Waals surface area (Å²) < 4.78 is 0. The minimum atomic E-state index is -0.692. The van der Waals surface area contributed by atoms with Crippen molar-refractivity contribution < 1.29 is 9.90 Å². The zero-order valence-electron chi connectivity index (χ0n) is 14.2. The minimum absolute atomic E-state index is 0.252. The molecule has 0 aromatic rings. The van der Waals surface area contributed by atoms with Crippen molar-refractivity contribution in [2.45, 2.75) is 70.5 Å². The van der Waals surface area contributed by atoms with E-state index in [0.717, 1.165) is 25.0 Å². The predicted molar refractivity (Wildman–Crippen MR) is 99.6 cm³/mol. The minimum Gasteiger partial charge on any atom is -0.480 e. The van der Waals surface area contributed by atoms with E-state index in [-0.39, 0.29) is 5.25 Å². The molecule has 0 saturated heterocycles. The summed E-state index contributed by atoms with van der Waals surface area (Å²) in [6.07, 6.45) is 21.9. The third-order valence-electron chi connectivity index (χ3n) is 3.27. The largest absolute Gasteiger partial charge is 0.480 e. The molecule has 0 amide bonds. The highest BCUT2D eigenvalue weighted by atomic mass is 32.2. The summed E-state index contributed by atoms with van der Waals surface area (Å²) in [4.78, 5) is 10.8. The van der Waals surface area contributed by atoms with Gasteiger partial charge in [0, 0.05) is 0 Å². The van der Waals surface area contributed by atoms with Gasteiger partial charge in [0.05, 0.1) is 0 Å². The van der Waals surface area contributed by atoms with Crippen LogP contribution in [-0.2, 0) is 4.79 Å². The average Bonchev–Trinajstić information content (AvgIpc) is 2.51. The van der Waals surface area contributed by atoms with Gasteiger partial charge in [-0.05, 0) is 44.3 Å². The van der Waals surface area contributed by atoms with Gasteiger partial charge in [-0.3, -0.25) is 4.79 Å².